The van der Waals surface area contributed by atoms with Crippen LogP contribution in [-0.2, 0) is 9.59 Å². The maximum Gasteiger partial charge on any atom is 0.303 e. The lowest BCUT2D eigenvalue weighted by Gasteiger charge is -2.43. The number of carbonyl (C=O) groups is 2. The van der Waals surface area contributed by atoms with Gasteiger partial charge in [0, 0.05) is 26.4 Å². The summed E-state index contributed by atoms with van der Waals surface area (Å²) in [4.78, 5) is 23.7. The number of nitrogens with zero attached hydrogens (tertiary/aromatic N) is 1. The van der Waals surface area contributed by atoms with Crippen LogP contribution in [0.15, 0.2) is 0 Å². The highest BCUT2D eigenvalue weighted by Gasteiger charge is 2.37. The zero-order valence-electron chi connectivity index (χ0n) is 9.62. The van der Waals surface area contributed by atoms with Crippen LogP contribution in [0.4, 0.5) is 0 Å². The summed E-state index contributed by atoms with van der Waals surface area (Å²) < 4.78 is 0. The van der Waals surface area contributed by atoms with Gasteiger partial charge in [0.25, 0.3) is 0 Å². The van der Waals surface area contributed by atoms with Crippen molar-refractivity contribution in [1.82, 2.24) is 4.90 Å². The molecule has 0 bridgehead atoms. The van der Waals surface area contributed by atoms with Crippen LogP contribution in [0.25, 0.3) is 0 Å². The van der Waals surface area contributed by atoms with E-state index in [9.17, 15) is 9.59 Å². The number of likely N-dealkylation sites (tertiary alicyclic amines) is 1. The van der Waals surface area contributed by atoms with E-state index in [0.29, 0.717) is 13.1 Å². The summed E-state index contributed by atoms with van der Waals surface area (Å²) in [5, 5.41) is 8.79. The SMILES string of the molecule is CC(=O)N1CCC(CC(=O)O)C(C)(C)C1. The van der Waals surface area contributed by atoms with Crippen LogP contribution in [0.3, 0.4) is 0 Å². The average Bonchev–Trinajstić information content (AvgIpc) is 2.07. The van der Waals surface area contributed by atoms with Gasteiger partial charge in [-0.05, 0) is 17.8 Å². The molecule has 0 aromatic heterocycles. The highest BCUT2D eigenvalue weighted by atomic mass is 16.4. The first-order valence-corrected chi connectivity index (χ1v) is 5.30. The summed E-state index contributed by atoms with van der Waals surface area (Å²) in [5.74, 6) is -0.494. The van der Waals surface area contributed by atoms with E-state index in [4.69, 9.17) is 5.11 Å². The Balaban J connectivity index is 2.66. The number of carbonyl (C=O) groups excluding carboxylic acids is 1. The second-order valence-corrected chi connectivity index (χ2v) is 5.01. The smallest absolute Gasteiger partial charge is 0.303 e. The van der Waals surface area contributed by atoms with Gasteiger partial charge in [-0.2, -0.15) is 0 Å². The lowest BCUT2D eigenvalue weighted by Crippen LogP contribution is -2.48. The molecule has 1 rings (SSSR count). The van der Waals surface area contributed by atoms with Gasteiger partial charge in [-0.15, -0.1) is 0 Å². The van der Waals surface area contributed by atoms with Crippen molar-refractivity contribution >= 4 is 11.9 Å². The molecular weight excluding hydrogens is 194 g/mol. The zero-order chi connectivity index (χ0) is 11.6. The van der Waals surface area contributed by atoms with Gasteiger partial charge >= 0.3 is 5.97 Å². The Morgan fingerprint density at radius 3 is 2.47 bits per heavy atom. The maximum atomic E-state index is 11.2. The van der Waals surface area contributed by atoms with Gasteiger partial charge in [0.05, 0.1) is 0 Å². The minimum absolute atomic E-state index is 0.0804. The van der Waals surface area contributed by atoms with Gasteiger partial charge < -0.3 is 10.0 Å². The fourth-order valence-electron chi connectivity index (χ4n) is 2.26. The number of piperidine rings is 1. The number of carboxylic acid groups (broad SMARTS) is 1. The van der Waals surface area contributed by atoms with Gasteiger partial charge in [0.2, 0.25) is 5.91 Å². The Morgan fingerprint density at radius 2 is 2.07 bits per heavy atom. The molecule has 1 atom stereocenters. The molecule has 15 heavy (non-hydrogen) atoms. The van der Waals surface area contributed by atoms with Crippen molar-refractivity contribution in [3.8, 4) is 0 Å². The predicted octanol–water partition coefficient (Wildman–Crippen LogP) is 1.36. The summed E-state index contributed by atoms with van der Waals surface area (Å²) in [6, 6.07) is 0. The fraction of sp³-hybridized carbons (Fsp3) is 0.818. The second kappa shape index (κ2) is 4.21. The molecule has 1 aliphatic rings. The second-order valence-electron chi connectivity index (χ2n) is 5.01. The van der Waals surface area contributed by atoms with E-state index >= 15 is 0 Å². The lowest BCUT2D eigenvalue weighted by atomic mass is 9.72. The Morgan fingerprint density at radius 1 is 1.47 bits per heavy atom. The van der Waals surface area contributed by atoms with Gasteiger partial charge in [-0.25, -0.2) is 0 Å². The van der Waals surface area contributed by atoms with Crippen molar-refractivity contribution in [3.05, 3.63) is 0 Å². The van der Waals surface area contributed by atoms with E-state index < -0.39 is 5.97 Å². The standard InChI is InChI=1S/C11H19NO3/c1-8(13)12-5-4-9(6-10(14)15)11(2,3)7-12/h9H,4-7H2,1-3H3,(H,14,15). The molecule has 0 saturated carbocycles. The van der Waals surface area contributed by atoms with Crippen LogP contribution in [0.2, 0.25) is 0 Å². The summed E-state index contributed by atoms with van der Waals surface area (Å²) in [6.45, 7) is 7.00. The van der Waals surface area contributed by atoms with Crippen LogP contribution in [0, 0.1) is 11.3 Å². The van der Waals surface area contributed by atoms with Gasteiger partial charge in [0.15, 0.2) is 0 Å². The Bertz CT molecular complexity index is 273. The van der Waals surface area contributed by atoms with Crippen molar-refractivity contribution in [3.63, 3.8) is 0 Å². The first kappa shape index (κ1) is 12.0. The molecule has 0 radical (unpaired) electrons. The van der Waals surface area contributed by atoms with Gasteiger partial charge in [0.1, 0.15) is 0 Å². The Kier molecular flexibility index (Phi) is 3.37. The molecule has 1 fully saturated rings. The van der Waals surface area contributed by atoms with Crippen LogP contribution in [-0.4, -0.2) is 35.0 Å². The Labute approximate surface area is 90.3 Å². The predicted molar refractivity (Wildman–Crippen MR) is 56.4 cm³/mol. The van der Waals surface area contributed by atoms with Crippen LogP contribution in [0.1, 0.15) is 33.6 Å². The topological polar surface area (TPSA) is 57.6 Å². The number of carboxylic acids is 1. The fourth-order valence-corrected chi connectivity index (χ4v) is 2.26. The number of rotatable bonds is 2. The maximum absolute atomic E-state index is 11.2. The molecule has 1 saturated heterocycles. The minimum Gasteiger partial charge on any atom is -0.481 e. The van der Waals surface area contributed by atoms with Crippen molar-refractivity contribution in [1.29, 1.82) is 0 Å². The number of hydrogen-bond donors (Lipinski definition) is 1. The van der Waals surface area contributed by atoms with Crippen molar-refractivity contribution in [2.45, 2.75) is 33.6 Å². The number of amides is 1. The first-order valence-electron chi connectivity index (χ1n) is 5.30. The third-order valence-electron chi connectivity index (χ3n) is 3.32. The van der Waals surface area contributed by atoms with E-state index in [-0.39, 0.29) is 23.7 Å². The quantitative estimate of drug-likeness (QED) is 0.753. The van der Waals surface area contributed by atoms with E-state index in [0.717, 1.165) is 6.42 Å². The first-order chi connectivity index (χ1) is 6.83. The molecule has 0 aromatic carbocycles. The van der Waals surface area contributed by atoms with Crippen molar-refractivity contribution in [2.75, 3.05) is 13.1 Å². The normalized spacial score (nSPS) is 25.0. The van der Waals surface area contributed by atoms with E-state index in [1.807, 2.05) is 13.8 Å². The highest BCUT2D eigenvalue weighted by molar-refractivity contribution is 5.73. The highest BCUT2D eigenvalue weighted by Crippen LogP contribution is 2.36. The summed E-state index contributed by atoms with van der Waals surface area (Å²) in [6.07, 6.45) is 0.998. The molecular formula is C11H19NO3. The monoisotopic (exact) mass is 213 g/mol. The number of aliphatic carboxylic acids is 1. The summed E-state index contributed by atoms with van der Waals surface area (Å²) in [5.41, 5.74) is -0.0949. The van der Waals surface area contributed by atoms with Crippen LogP contribution < -0.4 is 0 Å². The molecule has 0 aliphatic carbocycles. The molecule has 1 N–H and O–H groups in total. The third-order valence-corrected chi connectivity index (χ3v) is 3.32. The summed E-state index contributed by atoms with van der Waals surface area (Å²) >= 11 is 0. The average molecular weight is 213 g/mol. The molecule has 1 aliphatic heterocycles. The minimum atomic E-state index is -0.746. The molecule has 4 heteroatoms. The molecule has 0 aromatic rings. The zero-order valence-corrected chi connectivity index (χ0v) is 9.62. The number of hydrogen-bond acceptors (Lipinski definition) is 2. The van der Waals surface area contributed by atoms with E-state index in [1.165, 1.54) is 0 Å². The van der Waals surface area contributed by atoms with E-state index in [1.54, 1.807) is 11.8 Å². The molecule has 86 valence electrons. The van der Waals surface area contributed by atoms with Crippen LogP contribution in [0.5, 0.6) is 0 Å². The van der Waals surface area contributed by atoms with E-state index in [2.05, 4.69) is 0 Å². The molecule has 1 heterocycles. The Hall–Kier alpha value is -1.06. The van der Waals surface area contributed by atoms with Crippen LogP contribution >= 0.6 is 0 Å². The van der Waals surface area contributed by atoms with Crippen molar-refractivity contribution < 1.29 is 14.7 Å². The largest absolute Gasteiger partial charge is 0.481 e. The summed E-state index contributed by atoms with van der Waals surface area (Å²) in [7, 11) is 0. The van der Waals surface area contributed by atoms with Gasteiger partial charge in [-0.3, -0.25) is 9.59 Å². The van der Waals surface area contributed by atoms with Crippen molar-refractivity contribution in [2.24, 2.45) is 11.3 Å². The van der Waals surface area contributed by atoms with Gasteiger partial charge in [-0.1, -0.05) is 13.8 Å². The third kappa shape index (κ3) is 2.94. The molecule has 1 amide bonds. The molecule has 4 nitrogen and oxygen atoms in total. The molecule has 1 unspecified atom stereocenters. The lowest BCUT2D eigenvalue weighted by molar-refractivity contribution is -0.141. The molecule has 0 spiro atoms.